The maximum absolute atomic E-state index is 12.1. The van der Waals surface area contributed by atoms with E-state index in [2.05, 4.69) is 4.72 Å². The van der Waals surface area contributed by atoms with Crippen molar-refractivity contribution < 1.29 is 16.8 Å². The van der Waals surface area contributed by atoms with Gasteiger partial charge in [-0.25, -0.2) is 16.8 Å². The van der Waals surface area contributed by atoms with E-state index in [9.17, 15) is 16.8 Å². The lowest BCUT2D eigenvalue weighted by molar-refractivity contribution is 0.481. The average Bonchev–Trinajstić information content (AvgIpc) is 2.27. The monoisotopic (exact) mass is 294 g/mol. The summed E-state index contributed by atoms with van der Waals surface area (Å²) < 4.78 is 49.0. The van der Waals surface area contributed by atoms with Crippen molar-refractivity contribution in [3.8, 4) is 6.07 Å². The van der Waals surface area contributed by atoms with Crippen molar-refractivity contribution in [2.75, 3.05) is 11.5 Å². The van der Waals surface area contributed by atoms with Crippen LogP contribution in [-0.4, -0.2) is 39.1 Å². The Kier molecular flexibility index (Phi) is 4.41. The fraction of sp³-hybridized carbons (Fsp3) is 0.900. The molecular weight excluding hydrogens is 276 g/mol. The summed E-state index contributed by atoms with van der Waals surface area (Å²) in [6.07, 6.45) is 0.555. The second kappa shape index (κ2) is 5.15. The van der Waals surface area contributed by atoms with Crippen LogP contribution in [0.3, 0.4) is 0 Å². The van der Waals surface area contributed by atoms with Crippen LogP contribution < -0.4 is 4.72 Å². The molecule has 8 heteroatoms. The summed E-state index contributed by atoms with van der Waals surface area (Å²) in [6.45, 7) is 3.24. The third kappa shape index (κ3) is 3.67. The lowest BCUT2D eigenvalue weighted by atomic mass is 10.0. The number of sulfone groups is 1. The van der Waals surface area contributed by atoms with E-state index in [-0.39, 0.29) is 24.3 Å². The summed E-state index contributed by atoms with van der Waals surface area (Å²) in [5.41, 5.74) is -1.13. The molecule has 0 saturated carbocycles. The second-order valence-corrected chi connectivity index (χ2v) is 9.06. The van der Waals surface area contributed by atoms with Crippen molar-refractivity contribution in [3.63, 3.8) is 0 Å². The summed E-state index contributed by atoms with van der Waals surface area (Å²) in [5, 5.41) is 8.24. The molecule has 0 aromatic rings. The van der Waals surface area contributed by atoms with Gasteiger partial charge in [0.15, 0.2) is 0 Å². The normalized spacial score (nSPS) is 24.1. The summed E-state index contributed by atoms with van der Waals surface area (Å²) in [4.78, 5) is 0. The number of hydrogen-bond acceptors (Lipinski definition) is 5. The molecule has 1 heterocycles. The van der Waals surface area contributed by atoms with Gasteiger partial charge in [-0.05, 0) is 26.2 Å². The highest BCUT2D eigenvalue weighted by molar-refractivity contribution is 7.92. The van der Waals surface area contributed by atoms with Crippen molar-refractivity contribution in [2.24, 2.45) is 0 Å². The molecule has 0 spiro atoms. The van der Waals surface area contributed by atoms with Gasteiger partial charge in [-0.3, -0.25) is 0 Å². The van der Waals surface area contributed by atoms with Gasteiger partial charge in [0, 0.05) is 0 Å². The highest BCUT2D eigenvalue weighted by atomic mass is 32.2. The molecule has 6 nitrogen and oxygen atoms in total. The van der Waals surface area contributed by atoms with Gasteiger partial charge < -0.3 is 0 Å². The van der Waals surface area contributed by atoms with Crippen LogP contribution >= 0.6 is 0 Å². The van der Waals surface area contributed by atoms with E-state index in [4.69, 9.17) is 5.26 Å². The van der Waals surface area contributed by atoms with Gasteiger partial charge in [-0.2, -0.15) is 9.98 Å². The molecule has 1 saturated heterocycles. The largest absolute Gasteiger partial charge is 0.229 e. The standard InChI is InChI=1S/C10H18N2O4S2/c1-3-10(2,8-11)12-18(15,16)9-4-6-17(13,14)7-5-9/h9,12H,3-7H2,1-2H3. The molecule has 0 radical (unpaired) electrons. The number of nitriles is 1. The molecule has 1 aliphatic rings. The molecule has 18 heavy (non-hydrogen) atoms. The SMILES string of the molecule is CCC(C)(C#N)NS(=O)(=O)C1CCS(=O)(=O)CC1. The molecule has 1 rings (SSSR count). The van der Waals surface area contributed by atoms with Gasteiger partial charge in [0.25, 0.3) is 0 Å². The first-order chi connectivity index (χ1) is 8.14. The molecule has 0 aromatic heterocycles. The van der Waals surface area contributed by atoms with Gasteiger partial charge >= 0.3 is 0 Å². The van der Waals surface area contributed by atoms with Crippen LogP contribution in [0, 0.1) is 11.3 Å². The molecule has 1 N–H and O–H groups in total. The predicted molar refractivity (Wildman–Crippen MR) is 68.0 cm³/mol. The van der Waals surface area contributed by atoms with E-state index < -0.39 is 30.6 Å². The molecular formula is C10H18N2O4S2. The lowest BCUT2D eigenvalue weighted by Crippen LogP contribution is -2.49. The van der Waals surface area contributed by atoms with E-state index in [0.29, 0.717) is 6.42 Å². The molecule has 0 bridgehead atoms. The van der Waals surface area contributed by atoms with E-state index in [1.807, 2.05) is 6.07 Å². The second-order valence-electron chi connectivity index (χ2n) is 4.80. The van der Waals surface area contributed by atoms with Crippen LogP contribution in [0.25, 0.3) is 0 Å². The Morgan fingerprint density at radius 1 is 1.39 bits per heavy atom. The highest BCUT2D eigenvalue weighted by Crippen LogP contribution is 2.21. The zero-order valence-electron chi connectivity index (χ0n) is 10.5. The third-order valence-electron chi connectivity index (χ3n) is 3.26. The maximum atomic E-state index is 12.1. The first-order valence-corrected chi connectivity index (χ1v) is 9.15. The van der Waals surface area contributed by atoms with Crippen molar-refractivity contribution in [2.45, 2.75) is 43.9 Å². The predicted octanol–water partition coefficient (Wildman–Crippen LogP) is 0.175. The van der Waals surface area contributed by atoms with Crippen LogP contribution in [-0.2, 0) is 19.9 Å². The van der Waals surface area contributed by atoms with Crippen molar-refractivity contribution in [3.05, 3.63) is 0 Å². The van der Waals surface area contributed by atoms with Crippen molar-refractivity contribution >= 4 is 19.9 Å². The minimum absolute atomic E-state index is 0.100. The van der Waals surface area contributed by atoms with E-state index in [1.165, 1.54) is 6.92 Å². The highest BCUT2D eigenvalue weighted by Gasteiger charge is 2.37. The maximum Gasteiger partial charge on any atom is 0.215 e. The minimum Gasteiger partial charge on any atom is -0.229 e. The summed E-state index contributed by atoms with van der Waals surface area (Å²) in [5.74, 6) is -0.206. The molecule has 0 aliphatic carbocycles. The first kappa shape index (κ1) is 15.4. The first-order valence-electron chi connectivity index (χ1n) is 5.78. The zero-order valence-corrected chi connectivity index (χ0v) is 12.1. The summed E-state index contributed by atoms with van der Waals surface area (Å²) in [7, 11) is -6.74. The Bertz CT molecular complexity index is 533. The lowest BCUT2D eigenvalue weighted by Gasteiger charge is -2.27. The Hall–Kier alpha value is -0.650. The average molecular weight is 294 g/mol. The molecule has 1 fully saturated rings. The zero-order chi connectivity index (χ0) is 14.0. The van der Waals surface area contributed by atoms with Gasteiger partial charge in [-0.1, -0.05) is 6.92 Å². The third-order valence-corrected chi connectivity index (χ3v) is 7.06. The van der Waals surface area contributed by atoms with Gasteiger partial charge in [0.2, 0.25) is 10.0 Å². The molecule has 1 aliphatic heterocycles. The quantitative estimate of drug-likeness (QED) is 0.796. The summed E-state index contributed by atoms with van der Waals surface area (Å²) in [6, 6.07) is 1.93. The minimum atomic E-state index is -3.65. The summed E-state index contributed by atoms with van der Waals surface area (Å²) >= 11 is 0. The number of rotatable bonds is 4. The van der Waals surface area contributed by atoms with Crippen LogP contribution in [0.2, 0.25) is 0 Å². The van der Waals surface area contributed by atoms with Gasteiger partial charge in [0.05, 0.1) is 22.8 Å². The smallest absolute Gasteiger partial charge is 0.215 e. The molecule has 1 unspecified atom stereocenters. The Morgan fingerprint density at radius 2 is 1.89 bits per heavy atom. The number of nitrogens with one attached hydrogen (secondary N) is 1. The fourth-order valence-corrected chi connectivity index (χ4v) is 5.38. The Labute approximate surface area is 108 Å². The molecule has 1 atom stereocenters. The van der Waals surface area contributed by atoms with Gasteiger partial charge in [-0.15, -0.1) is 0 Å². The Morgan fingerprint density at radius 3 is 2.28 bits per heavy atom. The number of sulfonamides is 1. The molecule has 0 aromatic carbocycles. The fourth-order valence-electron chi connectivity index (χ4n) is 1.75. The van der Waals surface area contributed by atoms with E-state index in [1.54, 1.807) is 6.92 Å². The van der Waals surface area contributed by atoms with Crippen molar-refractivity contribution in [1.82, 2.24) is 4.72 Å². The number of hydrogen-bond donors (Lipinski definition) is 1. The van der Waals surface area contributed by atoms with E-state index >= 15 is 0 Å². The Balaban J connectivity index is 2.81. The molecule has 104 valence electrons. The van der Waals surface area contributed by atoms with Crippen LogP contribution in [0.1, 0.15) is 33.1 Å². The van der Waals surface area contributed by atoms with E-state index in [0.717, 1.165) is 0 Å². The van der Waals surface area contributed by atoms with Crippen LogP contribution in [0.4, 0.5) is 0 Å². The van der Waals surface area contributed by atoms with Crippen LogP contribution in [0.15, 0.2) is 0 Å². The van der Waals surface area contributed by atoms with Gasteiger partial charge in [0.1, 0.15) is 15.4 Å². The number of nitrogens with zero attached hydrogens (tertiary/aromatic N) is 1. The molecule has 0 amide bonds. The topological polar surface area (TPSA) is 104 Å². The van der Waals surface area contributed by atoms with Crippen LogP contribution in [0.5, 0.6) is 0 Å². The van der Waals surface area contributed by atoms with Crippen molar-refractivity contribution in [1.29, 1.82) is 5.26 Å².